The van der Waals surface area contributed by atoms with Crippen molar-refractivity contribution in [3.8, 4) is 0 Å². The van der Waals surface area contributed by atoms with Crippen molar-refractivity contribution in [1.82, 2.24) is 0 Å². The molecule has 0 radical (unpaired) electrons. The molecule has 0 aliphatic rings. The number of anilines is 1. The number of hydrogen-bond donors (Lipinski definition) is 1. The number of carbonyl (C=O) groups is 1. The molecule has 0 unspecified atom stereocenters. The highest BCUT2D eigenvalue weighted by molar-refractivity contribution is 6.30. The molecule has 0 aliphatic carbocycles. The summed E-state index contributed by atoms with van der Waals surface area (Å²) < 4.78 is 0. The van der Waals surface area contributed by atoms with Crippen molar-refractivity contribution in [3.63, 3.8) is 0 Å². The van der Waals surface area contributed by atoms with Crippen LogP contribution in [0.2, 0.25) is 5.02 Å². The molecule has 2 nitrogen and oxygen atoms in total. The minimum Gasteiger partial charge on any atom is -0.322 e. The number of benzene rings is 2. The molecule has 2 aromatic carbocycles. The van der Waals surface area contributed by atoms with E-state index in [-0.39, 0.29) is 5.91 Å². The Morgan fingerprint density at radius 1 is 1.06 bits per heavy atom. The van der Waals surface area contributed by atoms with Gasteiger partial charge in [0.25, 0.3) is 0 Å². The van der Waals surface area contributed by atoms with Crippen LogP contribution in [-0.4, -0.2) is 5.91 Å². The van der Waals surface area contributed by atoms with Gasteiger partial charge in [0.15, 0.2) is 0 Å². The summed E-state index contributed by atoms with van der Waals surface area (Å²) in [6.07, 6.45) is 3.26. The summed E-state index contributed by atoms with van der Waals surface area (Å²) in [7, 11) is 0. The molecule has 1 N–H and O–H groups in total. The van der Waals surface area contributed by atoms with Crippen LogP contribution in [0, 0.1) is 0 Å². The van der Waals surface area contributed by atoms with Crippen LogP contribution in [0.15, 0.2) is 60.7 Å². The lowest BCUT2D eigenvalue weighted by Crippen LogP contribution is -2.07. The van der Waals surface area contributed by atoms with Crippen LogP contribution in [-0.2, 0) is 4.79 Å². The number of carbonyl (C=O) groups excluding carboxylic acids is 1. The van der Waals surface area contributed by atoms with E-state index >= 15 is 0 Å². The first-order valence-corrected chi connectivity index (χ1v) is 5.91. The summed E-state index contributed by atoms with van der Waals surface area (Å²) in [5, 5.41) is 3.34. The highest BCUT2D eigenvalue weighted by Gasteiger charge is 1.98. The van der Waals surface area contributed by atoms with Gasteiger partial charge in [-0.15, -0.1) is 0 Å². The third kappa shape index (κ3) is 3.75. The first-order chi connectivity index (χ1) is 8.74. The molecule has 0 spiro atoms. The summed E-state index contributed by atoms with van der Waals surface area (Å²) in [5.41, 5.74) is 1.67. The number of amides is 1. The maximum absolute atomic E-state index is 11.7. The molecule has 0 saturated carbocycles. The molecule has 0 fully saturated rings. The second-order valence-electron chi connectivity index (χ2n) is 3.74. The van der Waals surface area contributed by atoms with E-state index in [2.05, 4.69) is 5.32 Å². The molecule has 2 rings (SSSR count). The van der Waals surface area contributed by atoms with Gasteiger partial charge in [-0.3, -0.25) is 4.79 Å². The Morgan fingerprint density at radius 3 is 2.56 bits per heavy atom. The van der Waals surface area contributed by atoms with E-state index in [1.165, 1.54) is 6.08 Å². The summed E-state index contributed by atoms with van der Waals surface area (Å²) in [5.74, 6) is -0.180. The summed E-state index contributed by atoms with van der Waals surface area (Å²) in [4.78, 5) is 11.7. The van der Waals surface area contributed by atoms with Gasteiger partial charge < -0.3 is 5.32 Å². The van der Waals surface area contributed by atoms with Gasteiger partial charge in [-0.1, -0.05) is 48.0 Å². The van der Waals surface area contributed by atoms with Gasteiger partial charge in [0.05, 0.1) is 0 Å². The van der Waals surface area contributed by atoms with Gasteiger partial charge >= 0.3 is 0 Å². The van der Waals surface area contributed by atoms with E-state index in [0.29, 0.717) is 10.7 Å². The standard InChI is InChI=1S/C15H12ClNO/c16-13-7-4-8-14(11-13)17-15(18)10-9-12-5-2-1-3-6-12/h1-11H,(H,17,18)/b10-9-. The Kier molecular flexibility index (Phi) is 4.15. The van der Waals surface area contributed by atoms with E-state index in [9.17, 15) is 4.79 Å². The van der Waals surface area contributed by atoms with Gasteiger partial charge in [0, 0.05) is 16.8 Å². The van der Waals surface area contributed by atoms with Gasteiger partial charge in [0.2, 0.25) is 5.91 Å². The lowest BCUT2D eigenvalue weighted by molar-refractivity contribution is -0.111. The highest BCUT2D eigenvalue weighted by Crippen LogP contribution is 2.14. The number of halogens is 1. The van der Waals surface area contributed by atoms with Crippen molar-refractivity contribution in [2.45, 2.75) is 0 Å². The molecule has 0 heterocycles. The monoisotopic (exact) mass is 257 g/mol. The minimum atomic E-state index is -0.180. The number of rotatable bonds is 3. The molecule has 0 atom stereocenters. The van der Waals surface area contributed by atoms with Crippen molar-refractivity contribution >= 4 is 29.3 Å². The van der Waals surface area contributed by atoms with Crippen LogP contribution in [0.25, 0.3) is 6.08 Å². The van der Waals surface area contributed by atoms with Crippen LogP contribution in [0.1, 0.15) is 5.56 Å². The molecule has 0 aromatic heterocycles. The van der Waals surface area contributed by atoms with Crippen LogP contribution in [0.5, 0.6) is 0 Å². The maximum atomic E-state index is 11.7. The van der Waals surface area contributed by atoms with Crippen molar-refractivity contribution in [3.05, 3.63) is 71.3 Å². The van der Waals surface area contributed by atoms with Gasteiger partial charge in [-0.25, -0.2) is 0 Å². The zero-order valence-electron chi connectivity index (χ0n) is 9.64. The highest BCUT2D eigenvalue weighted by atomic mass is 35.5. The molecule has 90 valence electrons. The van der Waals surface area contributed by atoms with Crippen LogP contribution in [0.4, 0.5) is 5.69 Å². The average molecular weight is 258 g/mol. The predicted octanol–water partition coefficient (Wildman–Crippen LogP) is 3.99. The lowest BCUT2D eigenvalue weighted by Gasteiger charge is -2.01. The van der Waals surface area contributed by atoms with Crippen molar-refractivity contribution in [2.24, 2.45) is 0 Å². The fraction of sp³-hybridized carbons (Fsp3) is 0. The Morgan fingerprint density at radius 2 is 1.83 bits per heavy atom. The van der Waals surface area contributed by atoms with E-state index < -0.39 is 0 Å². The van der Waals surface area contributed by atoms with Crippen LogP contribution >= 0.6 is 11.6 Å². The molecule has 0 saturated heterocycles. The quantitative estimate of drug-likeness (QED) is 0.828. The van der Waals surface area contributed by atoms with Gasteiger partial charge in [-0.05, 0) is 29.8 Å². The lowest BCUT2D eigenvalue weighted by atomic mass is 10.2. The first-order valence-electron chi connectivity index (χ1n) is 5.54. The fourth-order valence-corrected chi connectivity index (χ4v) is 1.68. The molecule has 3 heteroatoms. The van der Waals surface area contributed by atoms with E-state index in [1.54, 1.807) is 30.3 Å². The molecular formula is C15H12ClNO. The summed E-state index contributed by atoms with van der Waals surface area (Å²) >= 11 is 5.83. The van der Waals surface area contributed by atoms with Crippen molar-refractivity contribution in [1.29, 1.82) is 0 Å². The molecule has 1 amide bonds. The van der Waals surface area contributed by atoms with Crippen LogP contribution in [0.3, 0.4) is 0 Å². The summed E-state index contributed by atoms with van der Waals surface area (Å²) in [6.45, 7) is 0. The zero-order chi connectivity index (χ0) is 12.8. The smallest absolute Gasteiger partial charge is 0.248 e. The Labute approximate surface area is 111 Å². The second-order valence-corrected chi connectivity index (χ2v) is 4.18. The van der Waals surface area contributed by atoms with Gasteiger partial charge in [0.1, 0.15) is 0 Å². The maximum Gasteiger partial charge on any atom is 0.248 e. The molecule has 2 aromatic rings. The van der Waals surface area contributed by atoms with Gasteiger partial charge in [-0.2, -0.15) is 0 Å². The molecule has 18 heavy (non-hydrogen) atoms. The van der Waals surface area contributed by atoms with E-state index in [4.69, 9.17) is 11.6 Å². The van der Waals surface area contributed by atoms with Crippen molar-refractivity contribution in [2.75, 3.05) is 5.32 Å². The largest absolute Gasteiger partial charge is 0.322 e. The normalized spacial score (nSPS) is 10.5. The molecule has 0 bridgehead atoms. The van der Waals surface area contributed by atoms with Crippen molar-refractivity contribution < 1.29 is 4.79 Å². The number of nitrogens with one attached hydrogen (secondary N) is 1. The fourth-order valence-electron chi connectivity index (χ4n) is 1.49. The Hall–Kier alpha value is -2.06. The topological polar surface area (TPSA) is 29.1 Å². The molecule has 0 aliphatic heterocycles. The predicted molar refractivity (Wildman–Crippen MR) is 75.6 cm³/mol. The van der Waals surface area contributed by atoms with E-state index in [1.807, 2.05) is 30.3 Å². The average Bonchev–Trinajstić information content (AvgIpc) is 2.38. The number of hydrogen-bond acceptors (Lipinski definition) is 1. The van der Waals surface area contributed by atoms with E-state index in [0.717, 1.165) is 5.56 Å². The van der Waals surface area contributed by atoms with Crippen LogP contribution < -0.4 is 5.32 Å². The summed E-state index contributed by atoms with van der Waals surface area (Å²) in [6, 6.07) is 16.7. The first kappa shape index (κ1) is 12.4. The SMILES string of the molecule is O=C(/C=C\c1ccccc1)Nc1cccc(Cl)c1. The minimum absolute atomic E-state index is 0.180. The third-order valence-corrected chi connectivity index (χ3v) is 2.55. The molecular weight excluding hydrogens is 246 g/mol. The zero-order valence-corrected chi connectivity index (χ0v) is 10.4. The Bertz CT molecular complexity index is 564. The Balaban J connectivity index is 1.99. The third-order valence-electron chi connectivity index (χ3n) is 2.32. The second kappa shape index (κ2) is 6.03.